The van der Waals surface area contributed by atoms with E-state index in [0.717, 1.165) is 43.8 Å². The van der Waals surface area contributed by atoms with Gasteiger partial charge in [-0.25, -0.2) is 0 Å². The molecular formula is C23H29N3O3. The molecule has 1 unspecified atom stereocenters. The van der Waals surface area contributed by atoms with Crippen molar-refractivity contribution in [2.24, 2.45) is 0 Å². The van der Waals surface area contributed by atoms with Crippen LogP contribution in [-0.2, 0) is 4.79 Å². The Labute approximate surface area is 172 Å². The van der Waals surface area contributed by atoms with E-state index in [4.69, 9.17) is 4.74 Å². The number of hydrogen-bond donors (Lipinski definition) is 2. The fourth-order valence-electron chi connectivity index (χ4n) is 3.18. The van der Waals surface area contributed by atoms with Crippen molar-refractivity contribution >= 4 is 23.2 Å². The Morgan fingerprint density at radius 2 is 1.79 bits per heavy atom. The Kier molecular flexibility index (Phi) is 7.11. The molecule has 1 fully saturated rings. The van der Waals surface area contributed by atoms with Gasteiger partial charge in [-0.05, 0) is 68.7 Å². The Bertz CT molecular complexity index is 830. The van der Waals surface area contributed by atoms with E-state index in [1.165, 1.54) is 0 Å². The number of likely N-dealkylation sites (tertiary alicyclic amines) is 1. The van der Waals surface area contributed by atoms with Gasteiger partial charge in [0.15, 0.2) is 0 Å². The lowest BCUT2D eigenvalue weighted by molar-refractivity contribution is -0.114. The predicted octanol–water partition coefficient (Wildman–Crippen LogP) is 4.15. The molecule has 1 atom stereocenters. The molecule has 6 nitrogen and oxygen atoms in total. The third kappa shape index (κ3) is 5.98. The molecule has 0 bridgehead atoms. The van der Waals surface area contributed by atoms with Crippen LogP contribution in [0.15, 0.2) is 48.5 Å². The molecule has 1 heterocycles. The standard InChI is InChI=1S/C23H29N3O3/c1-3-17(2)29-21-11-9-19(10-12-21)25-22(27)16-24-20-8-6-7-18(15-20)23(28)26-13-4-5-14-26/h6-12,15,17,24H,3-5,13-14,16H2,1-2H3,(H,25,27). The highest BCUT2D eigenvalue weighted by molar-refractivity contribution is 5.96. The van der Waals surface area contributed by atoms with Crippen molar-refractivity contribution in [3.05, 3.63) is 54.1 Å². The Balaban J connectivity index is 1.50. The number of hydrogen-bond acceptors (Lipinski definition) is 4. The molecule has 2 amide bonds. The maximum absolute atomic E-state index is 12.5. The molecule has 2 N–H and O–H groups in total. The number of carbonyl (C=O) groups is 2. The normalized spacial score (nSPS) is 14.3. The number of nitrogens with one attached hydrogen (secondary N) is 2. The molecule has 154 valence electrons. The van der Waals surface area contributed by atoms with Crippen LogP contribution in [0, 0.1) is 0 Å². The van der Waals surface area contributed by atoms with E-state index in [9.17, 15) is 9.59 Å². The summed E-state index contributed by atoms with van der Waals surface area (Å²) in [6.45, 7) is 5.85. The van der Waals surface area contributed by atoms with Gasteiger partial charge in [-0.15, -0.1) is 0 Å². The molecule has 0 aliphatic carbocycles. The Morgan fingerprint density at radius 1 is 1.07 bits per heavy atom. The minimum Gasteiger partial charge on any atom is -0.491 e. The molecule has 3 rings (SSSR count). The van der Waals surface area contributed by atoms with E-state index < -0.39 is 0 Å². The van der Waals surface area contributed by atoms with Gasteiger partial charge in [-0.1, -0.05) is 13.0 Å². The molecule has 0 spiro atoms. The van der Waals surface area contributed by atoms with E-state index in [1.54, 1.807) is 6.07 Å². The quantitative estimate of drug-likeness (QED) is 0.704. The first-order valence-electron chi connectivity index (χ1n) is 10.2. The summed E-state index contributed by atoms with van der Waals surface area (Å²) in [6.07, 6.45) is 3.23. The first-order chi connectivity index (χ1) is 14.0. The molecule has 0 saturated carbocycles. The fraction of sp³-hybridized carbons (Fsp3) is 0.391. The number of benzene rings is 2. The van der Waals surface area contributed by atoms with Crippen molar-refractivity contribution in [3.8, 4) is 5.75 Å². The van der Waals surface area contributed by atoms with E-state index in [0.29, 0.717) is 11.3 Å². The van der Waals surface area contributed by atoms with Crippen LogP contribution in [0.4, 0.5) is 11.4 Å². The Hall–Kier alpha value is -3.02. The first-order valence-corrected chi connectivity index (χ1v) is 10.2. The highest BCUT2D eigenvalue weighted by Crippen LogP contribution is 2.18. The summed E-state index contributed by atoms with van der Waals surface area (Å²) in [5, 5.41) is 5.94. The summed E-state index contributed by atoms with van der Waals surface area (Å²) >= 11 is 0. The van der Waals surface area contributed by atoms with Crippen molar-refractivity contribution in [2.45, 2.75) is 39.2 Å². The zero-order chi connectivity index (χ0) is 20.6. The third-order valence-electron chi connectivity index (χ3n) is 5.01. The second-order valence-electron chi connectivity index (χ2n) is 7.34. The molecule has 1 saturated heterocycles. The fourth-order valence-corrected chi connectivity index (χ4v) is 3.18. The van der Waals surface area contributed by atoms with Crippen LogP contribution in [0.2, 0.25) is 0 Å². The number of rotatable bonds is 8. The SMILES string of the molecule is CCC(C)Oc1ccc(NC(=O)CNc2cccc(C(=O)N3CCCC3)c2)cc1. The Morgan fingerprint density at radius 3 is 2.48 bits per heavy atom. The minimum atomic E-state index is -0.156. The number of nitrogens with zero attached hydrogens (tertiary/aromatic N) is 1. The summed E-state index contributed by atoms with van der Waals surface area (Å²) in [4.78, 5) is 26.6. The molecule has 0 radical (unpaired) electrons. The van der Waals surface area contributed by atoms with Crippen LogP contribution in [0.3, 0.4) is 0 Å². The molecule has 6 heteroatoms. The van der Waals surface area contributed by atoms with Gasteiger partial charge in [0.05, 0.1) is 12.6 Å². The van der Waals surface area contributed by atoms with Gasteiger partial charge >= 0.3 is 0 Å². The highest BCUT2D eigenvalue weighted by Gasteiger charge is 2.19. The van der Waals surface area contributed by atoms with E-state index in [-0.39, 0.29) is 24.5 Å². The smallest absolute Gasteiger partial charge is 0.253 e. The van der Waals surface area contributed by atoms with E-state index >= 15 is 0 Å². The van der Waals surface area contributed by atoms with Gasteiger partial charge in [-0.2, -0.15) is 0 Å². The predicted molar refractivity (Wildman–Crippen MR) is 116 cm³/mol. The number of anilines is 2. The van der Waals surface area contributed by atoms with E-state index in [2.05, 4.69) is 17.6 Å². The zero-order valence-corrected chi connectivity index (χ0v) is 17.1. The molecule has 29 heavy (non-hydrogen) atoms. The monoisotopic (exact) mass is 395 g/mol. The molecule has 1 aliphatic rings. The van der Waals surface area contributed by atoms with Crippen molar-refractivity contribution in [3.63, 3.8) is 0 Å². The molecule has 0 aromatic heterocycles. The summed E-state index contributed by atoms with van der Waals surface area (Å²) in [6, 6.07) is 14.7. The lowest BCUT2D eigenvalue weighted by Crippen LogP contribution is -2.27. The zero-order valence-electron chi connectivity index (χ0n) is 17.1. The van der Waals surface area contributed by atoms with Crippen molar-refractivity contribution in [1.29, 1.82) is 0 Å². The van der Waals surface area contributed by atoms with Crippen LogP contribution in [0.5, 0.6) is 5.75 Å². The lowest BCUT2D eigenvalue weighted by atomic mass is 10.1. The van der Waals surface area contributed by atoms with E-state index in [1.807, 2.05) is 54.3 Å². The average Bonchev–Trinajstić information content (AvgIpc) is 3.28. The minimum absolute atomic E-state index is 0.0512. The van der Waals surface area contributed by atoms with Gasteiger partial charge < -0.3 is 20.3 Å². The summed E-state index contributed by atoms with van der Waals surface area (Å²) in [5.74, 6) is 0.683. The molecule has 1 aliphatic heterocycles. The first kappa shape index (κ1) is 20.7. The highest BCUT2D eigenvalue weighted by atomic mass is 16.5. The topological polar surface area (TPSA) is 70.7 Å². The second kappa shape index (κ2) is 9.96. The summed E-state index contributed by atoms with van der Waals surface area (Å²) < 4.78 is 5.74. The molecule has 2 aromatic carbocycles. The van der Waals surface area contributed by atoms with Gasteiger partial charge in [0, 0.05) is 30.0 Å². The van der Waals surface area contributed by atoms with Crippen LogP contribution in [-0.4, -0.2) is 42.5 Å². The maximum atomic E-state index is 12.5. The van der Waals surface area contributed by atoms with Crippen LogP contribution < -0.4 is 15.4 Å². The molecular weight excluding hydrogens is 366 g/mol. The maximum Gasteiger partial charge on any atom is 0.253 e. The van der Waals surface area contributed by atoms with Crippen LogP contribution >= 0.6 is 0 Å². The van der Waals surface area contributed by atoms with Crippen molar-refractivity contribution < 1.29 is 14.3 Å². The summed E-state index contributed by atoms with van der Waals surface area (Å²) in [5.41, 5.74) is 2.11. The second-order valence-corrected chi connectivity index (χ2v) is 7.34. The number of carbonyl (C=O) groups excluding carboxylic acids is 2. The summed E-state index contributed by atoms with van der Waals surface area (Å²) in [7, 11) is 0. The number of amides is 2. The van der Waals surface area contributed by atoms with Crippen LogP contribution in [0.1, 0.15) is 43.5 Å². The average molecular weight is 396 g/mol. The van der Waals surface area contributed by atoms with Gasteiger partial charge in [0.25, 0.3) is 5.91 Å². The third-order valence-corrected chi connectivity index (χ3v) is 5.01. The number of ether oxygens (including phenoxy) is 1. The van der Waals surface area contributed by atoms with Gasteiger partial charge in [0.1, 0.15) is 5.75 Å². The van der Waals surface area contributed by atoms with Crippen molar-refractivity contribution in [2.75, 3.05) is 30.3 Å². The molecule has 2 aromatic rings. The largest absolute Gasteiger partial charge is 0.491 e. The van der Waals surface area contributed by atoms with Gasteiger partial charge in [-0.3, -0.25) is 9.59 Å². The van der Waals surface area contributed by atoms with Crippen LogP contribution in [0.25, 0.3) is 0 Å². The van der Waals surface area contributed by atoms with Crippen molar-refractivity contribution in [1.82, 2.24) is 4.90 Å². The van der Waals surface area contributed by atoms with Gasteiger partial charge in [0.2, 0.25) is 5.91 Å². The lowest BCUT2D eigenvalue weighted by Gasteiger charge is -2.16.